The van der Waals surface area contributed by atoms with E-state index in [2.05, 4.69) is 4.98 Å². The van der Waals surface area contributed by atoms with Gasteiger partial charge in [-0.2, -0.15) is 0 Å². The van der Waals surface area contributed by atoms with Crippen molar-refractivity contribution < 1.29 is 23.5 Å². The van der Waals surface area contributed by atoms with Crippen molar-refractivity contribution in [3.63, 3.8) is 0 Å². The third-order valence-corrected chi connectivity index (χ3v) is 9.65. The van der Waals surface area contributed by atoms with Crippen LogP contribution in [-0.4, -0.2) is 58.6 Å². The topological polar surface area (TPSA) is 72.0 Å². The molecular formula is C34H37ClFN3O4S. The van der Waals surface area contributed by atoms with Gasteiger partial charge >= 0.3 is 6.09 Å². The summed E-state index contributed by atoms with van der Waals surface area (Å²) in [4.78, 5) is 35.2. The Morgan fingerprint density at radius 3 is 2.41 bits per heavy atom. The Bertz CT molecular complexity index is 1650. The molecule has 1 aliphatic carbocycles. The summed E-state index contributed by atoms with van der Waals surface area (Å²) < 4.78 is 26.7. The van der Waals surface area contributed by atoms with Crippen LogP contribution < -0.4 is 4.74 Å². The second kappa shape index (κ2) is 13.1. The molecular weight excluding hydrogens is 601 g/mol. The van der Waals surface area contributed by atoms with Crippen LogP contribution >= 0.6 is 22.9 Å². The number of halogens is 2. The number of methoxy groups -OCH3 is 1. The van der Waals surface area contributed by atoms with Gasteiger partial charge in [0, 0.05) is 59.3 Å². The van der Waals surface area contributed by atoms with Gasteiger partial charge in [-0.15, -0.1) is 11.3 Å². The molecule has 1 aliphatic rings. The summed E-state index contributed by atoms with van der Waals surface area (Å²) in [6.07, 6.45) is 5.91. The third kappa shape index (κ3) is 6.84. The molecule has 4 aromatic rings. The molecule has 10 heteroatoms. The maximum atomic E-state index is 14.8. The number of pyridine rings is 1. The van der Waals surface area contributed by atoms with Gasteiger partial charge in [-0.05, 0) is 82.3 Å². The Labute approximate surface area is 266 Å². The zero-order chi connectivity index (χ0) is 31.6. The second-order valence-electron chi connectivity index (χ2n) is 12.1. The number of hydrogen-bond donors (Lipinski definition) is 0. The summed E-state index contributed by atoms with van der Waals surface area (Å²) in [5.74, 6) is -0.0541. The lowest BCUT2D eigenvalue weighted by Crippen LogP contribution is -2.47. The van der Waals surface area contributed by atoms with Crippen molar-refractivity contribution >= 4 is 45.0 Å². The smallest absolute Gasteiger partial charge is 0.410 e. The number of aromatic nitrogens is 1. The van der Waals surface area contributed by atoms with Crippen LogP contribution in [0.1, 0.15) is 61.7 Å². The fraction of sp³-hybridized carbons (Fsp3) is 0.382. The van der Waals surface area contributed by atoms with Crippen LogP contribution in [0.2, 0.25) is 5.02 Å². The van der Waals surface area contributed by atoms with Crippen LogP contribution in [0.3, 0.4) is 0 Å². The molecule has 2 heterocycles. The minimum atomic E-state index is -0.585. The number of fused-ring (bicyclic) bond motifs is 1. The van der Waals surface area contributed by atoms with Gasteiger partial charge in [-0.25, -0.2) is 9.18 Å². The maximum Gasteiger partial charge on any atom is 0.410 e. The van der Waals surface area contributed by atoms with E-state index in [0.717, 1.165) is 16.7 Å². The minimum Gasteiger partial charge on any atom is -0.496 e. The lowest BCUT2D eigenvalue weighted by atomic mass is 9.89. The van der Waals surface area contributed by atoms with Crippen LogP contribution in [0, 0.1) is 5.82 Å². The van der Waals surface area contributed by atoms with Crippen molar-refractivity contribution in [2.45, 2.75) is 70.7 Å². The summed E-state index contributed by atoms with van der Waals surface area (Å²) in [6, 6.07) is 14.3. The lowest BCUT2D eigenvalue weighted by Gasteiger charge is -2.40. The van der Waals surface area contributed by atoms with Gasteiger partial charge in [-0.1, -0.05) is 29.8 Å². The Morgan fingerprint density at radius 1 is 1.05 bits per heavy atom. The average molecular weight is 638 g/mol. The van der Waals surface area contributed by atoms with E-state index in [9.17, 15) is 14.0 Å². The first kappa shape index (κ1) is 31.7. The molecule has 232 valence electrons. The number of amides is 2. The normalized spacial score (nSPS) is 16.9. The summed E-state index contributed by atoms with van der Waals surface area (Å²) in [7, 11) is 3.38. The molecule has 0 saturated heterocycles. The van der Waals surface area contributed by atoms with Crippen molar-refractivity contribution in [1.29, 1.82) is 0 Å². The zero-order valence-electron chi connectivity index (χ0n) is 25.6. The molecule has 2 aromatic carbocycles. The summed E-state index contributed by atoms with van der Waals surface area (Å²) in [5, 5.41) is 0.397. The van der Waals surface area contributed by atoms with E-state index >= 15 is 0 Å². The van der Waals surface area contributed by atoms with Crippen molar-refractivity contribution in [1.82, 2.24) is 14.8 Å². The molecule has 5 rings (SSSR count). The van der Waals surface area contributed by atoms with E-state index in [1.807, 2.05) is 56.0 Å². The van der Waals surface area contributed by atoms with E-state index in [1.54, 1.807) is 43.6 Å². The number of carbonyl (C=O) groups excluding carboxylic acids is 2. The quantitative estimate of drug-likeness (QED) is 0.203. The largest absolute Gasteiger partial charge is 0.496 e. The fourth-order valence-electron chi connectivity index (χ4n) is 5.74. The van der Waals surface area contributed by atoms with Crippen LogP contribution in [0.25, 0.3) is 21.2 Å². The average Bonchev–Trinajstić information content (AvgIpc) is 3.36. The molecule has 2 aromatic heterocycles. The highest BCUT2D eigenvalue weighted by Crippen LogP contribution is 2.40. The number of rotatable bonds is 7. The van der Waals surface area contributed by atoms with Crippen molar-refractivity contribution in [2.75, 3.05) is 14.2 Å². The van der Waals surface area contributed by atoms with Gasteiger partial charge < -0.3 is 19.3 Å². The van der Waals surface area contributed by atoms with Gasteiger partial charge in [0.2, 0.25) is 0 Å². The van der Waals surface area contributed by atoms with Crippen LogP contribution in [0.15, 0.2) is 60.9 Å². The molecule has 2 amide bonds. The van der Waals surface area contributed by atoms with Gasteiger partial charge in [0.05, 0.1) is 12.1 Å². The van der Waals surface area contributed by atoms with Gasteiger partial charge in [0.15, 0.2) is 0 Å². The molecule has 0 aliphatic heterocycles. The third-order valence-electron chi connectivity index (χ3n) is 8.01. The van der Waals surface area contributed by atoms with E-state index in [4.69, 9.17) is 21.1 Å². The molecule has 0 spiro atoms. The van der Waals surface area contributed by atoms with Crippen molar-refractivity contribution in [3.05, 3.63) is 82.2 Å². The predicted octanol–water partition coefficient (Wildman–Crippen LogP) is 8.58. The highest BCUT2D eigenvalue weighted by molar-refractivity contribution is 7.21. The number of thiophene rings is 1. The Hall–Kier alpha value is -3.69. The Morgan fingerprint density at radius 2 is 1.77 bits per heavy atom. The van der Waals surface area contributed by atoms with Crippen LogP contribution in [-0.2, 0) is 11.3 Å². The SMILES string of the molecule is COc1ccc(-c2cccnc2)cc1CN(C(=O)c1sc2cccc(F)c2c1Cl)C1CCC(N(C)C(=O)OC(C)(C)C)CC1. The van der Waals surface area contributed by atoms with E-state index in [0.29, 0.717) is 41.0 Å². The van der Waals surface area contributed by atoms with E-state index in [1.165, 1.54) is 17.4 Å². The summed E-state index contributed by atoms with van der Waals surface area (Å²) in [6.45, 7) is 5.81. The summed E-state index contributed by atoms with van der Waals surface area (Å²) >= 11 is 7.89. The zero-order valence-corrected chi connectivity index (χ0v) is 27.2. The number of hydrogen-bond acceptors (Lipinski definition) is 6. The number of benzene rings is 2. The lowest BCUT2D eigenvalue weighted by molar-refractivity contribution is 0.0144. The standard InChI is InChI=1S/C34H37ClFN3O4S/c1-34(2,3)43-33(41)38(4)24-12-14-25(15-13-24)39(32(40)31-30(35)29-26(36)9-6-10-28(29)44-31)20-23-18-21(11-16-27(23)42-5)22-8-7-17-37-19-22/h6-11,16-19,24-25H,12-15,20H2,1-5H3. The maximum absolute atomic E-state index is 14.8. The summed E-state index contributed by atoms with van der Waals surface area (Å²) in [5.41, 5.74) is 2.14. The number of carbonyl (C=O) groups is 2. The predicted molar refractivity (Wildman–Crippen MR) is 173 cm³/mol. The molecule has 1 saturated carbocycles. The molecule has 0 atom stereocenters. The molecule has 7 nitrogen and oxygen atoms in total. The first-order chi connectivity index (χ1) is 21.0. The Kier molecular flexibility index (Phi) is 9.46. The van der Waals surface area contributed by atoms with Crippen molar-refractivity contribution in [2.24, 2.45) is 0 Å². The first-order valence-electron chi connectivity index (χ1n) is 14.7. The molecule has 0 unspecified atom stereocenters. The monoisotopic (exact) mass is 637 g/mol. The van der Waals surface area contributed by atoms with Gasteiger partial charge in [-0.3, -0.25) is 9.78 Å². The number of nitrogens with zero attached hydrogens (tertiary/aromatic N) is 3. The molecule has 0 N–H and O–H groups in total. The van der Waals surface area contributed by atoms with E-state index in [-0.39, 0.29) is 41.0 Å². The molecule has 44 heavy (non-hydrogen) atoms. The van der Waals surface area contributed by atoms with Crippen LogP contribution in [0.4, 0.5) is 9.18 Å². The first-order valence-corrected chi connectivity index (χ1v) is 15.9. The molecule has 0 bridgehead atoms. The second-order valence-corrected chi connectivity index (χ2v) is 13.5. The van der Waals surface area contributed by atoms with Gasteiger partial charge in [0.1, 0.15) is 22.0 Å². The highest BCUT2D eigenvalue weighted by Gasteiger charge is 2.35. The number of ether oxygens (including phenoxy) is 2. The van der Waals surface area contributed by atoms with E-state index < -0.39 is 11.4 Å². The highest BCUT2D eigenvalue weighted by atomic mass is 35.5. The fourth-order valence-corrected chi connectivity index (χ4v) is 7.25. The molecule has 0 radical (unpaired) electrons. The molecule has 1 fully saturated rings. The van der Waals surface area contributed by atoms with Crippen molar-refractivity contribution in [3.8, 4) is 16.9 Å². The van der Waals surface area contributed by atoms with Crippen LogP contribution in [0.5, 0.6) is 5.75 Å². The van der Waals surface area contributed by atoms with Gasteiger partial charge in [0.25, 0.3) is 5.91 Å². The minimum absolute atomic E-state index is 0.0106. The Balaban J connectivity index is 1.47.